The number of ether oxygens (including phenoxy) is 5. The number of methoxy groups -OCH3 is 1. The summed E-state index contributed by atoms with van der Waals surface area (Å²) in [7, 11) is 1.13. The quantitative estimate of drug-likeness (QED) is 0.217. The maximum Gasteiger partial charge on any atom is 0.420 e. The lowest BCUT2D eigenvalue weighted by atomic mass is 10.1. The summed E-state index contributed by atoms with van der Waals surface area (Å²) in [5.41, 5.74) is -2.49. The fourth-order valence-electron chi connectivity index (χ4n) is 3.22. The van der Waals surface area contributed by atoms with E-state index in [4.69, 9.17) is 23.7 Å². The summed E-state index contributed by atoms with van der Waals surface area (Å²) in [4.78, 5) is 65.1. The predicted octanol–water partition coefficient (Wildman–Crippen LogP) is 5.63. The molecule has 0 saturated carbocycles. The molecule has 42 heavy (non-hydrogen) atoms. The largest absolute Gasteiger partial charge is 0.464 e. The number of alkyl carbamates (subject to hydrolysis) is 1. The van der Waals surface area contributed by atoms with Crippen LogP contribution in [0.2, 0.25) is 0 Å². The van der Waals surface area contributed by atoms with Crippen LogP contribution in [0.3, 0.4) is 0 Å². The van der Waals surface area contributed by atoms with Crippen LogP contribution in [0.1, 0.15) is 80.7 Å². The minimum Gasteiger partial charge on any atom is -0.464 e. The standard InChI is InChI=1S/C30H44N2O10/c1-28(2,3)40-24(34)22(32(26(36)41-29(4,5)6)27(37)42-30(7,8)9)18-14-17-21(23(33)38-10)31-25(35)39-19-20-15-12-11-13-16-20/h11-13,15-17,22H,14,18-19H2,1-10H3,(H,31,35)/b21-17-/t22-/m0/s1. The number of imide groups is 1. The van der Waals surface area contributed by atoms with Crippen molar-refractivity contribution in [1.29, 1.82) is 0 Å². The Morgan fingerprint density at radius 1 is 0.810 bits per heavy atom. The first-order valence-corrected chi connectivity index (χ1v) is 13.5. The van der Waals surface area contributed by atoms with Crippen LogP contribution in [0.25, 0.3) is 0 Å². The lowest BCUT2D eigenvalue weighted by Gasteiger charge is -2.33. The zero-order valence-corrected chi connectivity index (χ0v) is 26.2. The molecular formula is C30H44N2O10. The maximum atomic E-state index is 13.3. The number of nitrogens with one attached hydrogen (secondary N) is 1. The molecule has 12 heteroatoms. The van der Waals surface area contributed by atoms with Gasteiger partial charge in [0.25, 0.3) is 0 Å². The van der Waals surface area contributed by atoms with Crippen LogP contribution in [0, 0.1) is 0 Å². The van der Waals surface area contributed by atoms with Crippen molar-refractivity contribution in [3.63, 3.8) is 0 Å². The number of carbonyl (C=O) groups excluding carboxylic acids is 5. The summed E-state index contributed by atoms with van der Waals surface area (Å²) >= 11 is 0. The van der Waals surface area contributed by atoms with E-state index >= 15 is 0 Å². The highest BCUT2D eigenvalue weighted by molar-refractivity contribution is 5.94. The van der Waals surface area contributed by atoms with Crippen molar-refractivity contribution in [2.75, 3.05) is 7.11 Å². The van der Waals surface area contributed by atoms with Crippen molar-refractivity contribution < 1.29 is 47.7 Å². The van der Waals surface area contributed by atoms with Crippen LogP contribution in [0.15, 0.2) is 42.1 Å². The van der Waals surface area contributed by atoms with Gasteiger partial charge in [-0.2, -0.15) is 4.90 Å². The third-order valence-corrected chi connectivity index (χ3v) is 4.81. The second-order valence-corrected chi connectivity index (χ2v) is 12.3. The van der Waals surface area contributed by atoms with Crippen LogP contribution < -0.4 is 5.32 Å². The third-order valence-electron chi connectivity index (χ3n) is 4.81. The van der Waals surface area contributed by atoms with Crippen molar-refractivity contribution in [2.45, 2.75) is 105 Å². The fourth-order valence-corrected chi connectivity index (χ4v) is 3.22. The lowest BCUT2D eigenvalue weighted by Crippen LogP contribution is -2.53. The van der Waals surface area contributed by atoms with Crippen LogP contribution in [-0.4, -0.2) is 65.1 Å². The molecule has 1 aromatic rings. The molecule has 12 nitrogen and oxygen atoms in total. The van der Waals surface area contributed by atoms with Gasteiger partial charge >= 0.3 is 30.2 Å². The number of carbonyl (C=O) groups is 5. The highest BCUT2D eigenvalue weighted by Gasteiger charge is 2.41. The molecule has 0 aliphatic rings. The molecule has 0 heterocycles. The van der Waals surface area contributed by atoms with E-state index < -0.39 is 53.1 Å². The Morgan fingerprint density at radius 3 is 1.76 bits per heavy atom. The average Bonchev–Trinajstić information content (AvgIpc) is 2.83. The highest BCUT2D eigenvalue weighted by atomic mass is 16.6. The molecule has 1 rings (SSSR count). The van der Waals surface area contributed by atoms with Crippen molar-refractivity contribution >= 4 is 30.2 Å². The van der Waals surface area contributed by atoms with Crippen molar-refractivity contribution in [3.8, 4) is 0 Å². The molecule has 1 N–H and O–H groups in total. The molecule has 0 aromatic heterocycles. The second-order valence-electron chi connectivity index (χ2n) is 12.3. The number of amides is 3. The molecule has 234 valence electrons. The zero-order chi connectivity index (χ0) is 32.3. The molecule has 3 amide bonds. The Morgan fingerprint density at radius 2 is 1.31 bits per heavy atom. The summed E-state index contributed by atoms with van der Waals surface area (Å²) in [6, 6.07) is 7.42. The predicted molar refractivity (Wildman–Crippen MR) is 153 cm³/mol. The molecule has 0 bridgehead atoms. The normalized spacial score (nSPS) is 12.9. The first-order chi connectivity index (χ1) is 19.2. The molecular weight excluding hydrogens is 548 g/mol. The van der Waals surface area contributed by atoms with Gasteiger partial charge in [0, 0.05) is 0 Å². The number of hydrogen-bond acceptors (Lipinski definition) is 10. The third kappa shape index (κ3) is 14.0. The van der Waals surface area contributed by atoms with Gasteiger partial charge in [0.05, 0.1) is 7.11 Å². The molecule has 0 aliphatic carbocycles. The number of esters is 2. The summed E-state index contributed by atoms with van der Waals surface area (Å²) < 4.78 is 26.2. The minimum absolute atomic E-state index is 0.0391. The average molecular weight is 593 g/mol. The summed E-state index contributed by atoms with van der Waals surface area (Å²) in [6.45, 7) is 14.5. The van der Waals surface area contributed by atoms with E-state index in [2.05, 4.69) is 5.32 Å². The number of nitrogens with zero attached hydrogens (tertiary/aromatic N) is 1. The van der Waals surface area contributed by atoms with Gasteiger partial charge in [0.15, 0.2) is 0 Å². The Bertz CT molecular complexity index is 1100. The molecule has 0 spiro atoms. The van der Waals surface area contributed by atoms with Gasteiger partial charge in [-0.1, -0.05) is 36.4 Å². The van der Waals surface area contributed by atoms with Gasteiger partial charge in [-0.05, 0) is 80.7 Å². The summed E-state index contributed by atoms with van der Waals surface area (Å²) in [5, 5.41) is 2.33. The maximum absolute atomic E-state index is 13.3. The van der Waals surface area contributed by atoms with Crippen molar-refractivity contribution in [1.82, 2.24) is 10.2 Å². The van der Waals surface area contributed by atoms with Crippen LogP contribution in [0.4, 0.5) is 14.4 Å². The Labute approximate surface area is 247 Å². The van der Waals surface area contributed by atoms with E-state index in [-0.39, 0.29) is 25.1 Å². The number of rotatable bonds is 9. The van der Waals surface area contributed by atoms with E-state index in [9.17, 15) is 24.0 Å². The lowest BCUT2D eigenvalue weighted by molar-refractivity contribution is -0.161. The SMILES string of the molecule is COC(=O)/C(=C/CC[C@@H](C(=O)OC(C)(C)C)N(C(=O)OC(C)(C)C)C(=O)OC(C)(C)C)NC(=O)OCc1ccccc1. The van der Waals surface area contributed by atoms with Crippen LogP contribution >= 0.6 is 0 Å². The molecule has 0 saturated heterocycles. The van der Waals surface area contributed by atoms with Gasteiger partial charge in [-0.3, -0.25) is 5.32 Å². The van der Waals surface area contributed by atoms with E-state index in [1.807, 2.05) is 6.07 Å². The summed E-state index contributed by atoms with van der Waals surface area (Å²) in [6.07, 6.45) is -2.16. The van der Waals surface area contributed by atoms with E-state index in [0.717, 1.165) is 12.7 Å². The summed E-state index contributed by atoms with van der Waals surface area (Å²) in [5.74, 6) is -1.78. The monoisotopic (exact) mass is 592 g/mol. The van der Waals surface area contributed by atoms with Crippen molar-refractivity contribution in [3.05, 3.63) is 47.7 Å². The number of allylic oxidation sites excluding steroid dienone is 1. The molecule has 0 radical (unpaired) electrons. The van der Waals surface area contributed by atoms with Gasteiger partial charge in [-0.15, -0.1) is 0 Å². The topological polar surface area (TPSA) is 147 Å². The highest BCUT2D eigenvalue weighted by Crippen LogP contribution is 2.22. The van der Waals surface area contributed by atoms with Crippen LogP contribution in [-0.2, 0) is 39.9 Å². The Kier molecular flexibility index (Phi) is 13.0. The van der Waals surface area contributed by atoms with Gasteiger partial charge < -0.3 is 23.7 Å². The van der Waals surface area contributed by atoms with Crippen LogP contribution in [0.5, 0.6) is 0 Å². The van der Waals surface area contributed by atoms with Gasteiger partial charge in [-0.25, -0.2) is 24.0 Å². The molecule has 1 aromatic carbocycles. The zero-order valence-electron chi connectivity index (χ0n) is 26.2. The van der Waals surface area contributed by atoms with E-state index in [1.165, 1.54) is 6.08 Å². The first-order valence-electron chi connectivity index (χ1n) is 13.5. The smallest absolute Gasteiger partial charge is 0.420 e. The fraction of sp³-hybridized carbons (Fsp3) is 0.567. The number of hydrogen-bond donors (Lipinski definition) is 1. The number of benzene rings is 1. The second kappa shape index (κ2) is 15.2. The molecule has 0 unspecified atom stereocenters. The first kappa shape index (κ1) is 35.9. The van der Waals surface area contributed by atoms with Gasteiger partial charge in [0.2, 0.25) is 0 Å². The van der Waals surface area contributed by atoms with E-state index in [0.29, 0.717) is 4.90 Å². The minimum atomic E-state index is -1.51. The molecule has 0 fully saturated rings. The molecule has 1 atom stereocenters. The van der Waals surface area contributed by atoms with Gasteiger partial charge in [0.1, 0.15) is 35.1 Å². The van der Waals surface area contributed by atoms with Crippen molar-refractivity contribution in [2.24, 2.45) is 0 Å². The Hall–Kier alpha value is -4.09. The van der Waals surface area contributed by atoms with E-state index in [1.54, 1.807) is 86.6 Å². The Balaban J connectivity index is 3.30. The molecule has 0 aliphatic heterocycles.